The quantitative estimate of drug-likeness (QED) is 0.836. The van der Waals surface area contributed by atoms with Crippen LogP contribution in [0.3, 0.4) is 0 Å². The maximum atomic E-state index is 12.4. The Balaban J connectivity index is 2.47. The zero-order valence-electron chi connectivity index (χ0n) is 11.1. The predicted molar refractivity (Wildman–Crippen MR) is 78.6 cm³/mol. The van der Waals surface area contributed by atoms with E-state index in [1.165, 1.54) is 49.5 Å². The van der Waals surface area contributed by atoms with Crippen molar-refractivity contribution in [3.05, 3.63) is 40.5 Å². The lowest BCUT2D eigenvalue weighted by Crippen LogP contribution is -2.27. The summed E-state index contributed by atoms with van der Waals surface area (Å²) in [5, 5.41) is 3.93. The molecule has 6 nitrogen and oxygen atoms in total. The summed E-state index contributed by atoms with van der Waals surface area (Å²) in [5.74, 6) is 0. The van der Waals surface area contributed by atoms with Crippen molar-refractivity contribution in [3.8, 4) is 0 Å². The third-order valence-electron chi connectivity index (χ3n) is 2.56. The fraction of sp³-hybridized carbons (Fsp3) is 0.167. The molecule has 0 atom stereocenters. The Morgan fingerprint density at radius 3 is 2.29 bits per heavy atom. The number of hydrogen-bond acceptors (Lipinski definition) is 4. The summed E-state index contributed by atoms with van der Waals surface area (Å²) in [7, 11) is -0.821. The van der Waals surface area contributed by atoms with Gasteiger partial charge in [-0.25, -0.2) is 13.2 Å². The molecule has 0 N–H and O–H groups in total. The topological polar surface area (TPSA) is 72.3 Å². The second-order valence-electron chi connectivity index (χ2n) is 4.38. The third-order valence-corrected chi connectivity index (χ3v) is 4.63. The summed E-state index contributed by atoms with van der Waals surface area (Å²) in [4.78, 5) is 12.9. The molecule has 0 aliphatic rings. The normalized spacial score (nSPS) is 11.4. The van der Waals surface area contributed by atoms with E-state index >= 15 is 0 Å². The molecule has 0 radical (unpaired) electrons. The highest BCUT2D eigenvalue weighted by atomic mass is 35.5. The Morgan fingerprint density at radius 1 is 1.19 bits per heavy atom. The Kier molecular flexibility index (Phi) is 4.27. The molecular weight excluding hydrogens is 337 g/mol. The van der Waals surface area contributed by atoms with Gasteiger partial charge in [0.2, 0.25) is 9.84 Å². The maximum absolute atomic E-state index is 12.4. The molecule has 0 spiro atoms. The van der Waals surface area contributed by atoms with E-state index in [1.807, 2.05) is 0 Å². The van der Waals surface area contributed by atoms with Crippen LogP contribution in [-0.2, 0) is 9.84 Å². The van der Waals surface area contributed by atoms with Crippen LogP contribution in [0.1, 0.15) is 0 Å². The zero-order valence-corrected chi connectivity index (χ0v) is 13.4. The van der Waals surface area contributed by atoms with E-state index in [1.54, 1.807) is 0 Å². The number of aromatic nitrogens is 2. The van der Waals surface area contributed by atoms with Gasteiger partial charge < -0.3 is 4.90 Å². The summed E-state index contributed by atoms with van der Waals surface area (Å²) in [6.45, 7) is 0. The number of amides is 1. The minimum absolute atomic E-state index is 0.0810. The molecule has 1 aromatic carbocycles. The van der Waals surface area contributed by atoms with Gasteiger partial charge in [0, 0.05) is 30.3 Å². The van der Waals surface area contributed by atoms with E-state index in [0.717, 1.165) is 4.68 Å². The minimum Gasteiger partial charge on any atom is -0.329 e. The first-order valence-corrected chi connectivity index (χ1v) is 7.94. The van der Waals surface area contributed by atoms with Crippen molar-refractivity contribution >= 4 is 39.1 Å². The van der Waals surface area contributed by atoms with Gasteiger partial charge in [-0.3, -0.25) is 0 Å². The maximum Gasteiger partial charge on any atom is 0.344 e. The highest BCUT2D eigenvalue weighted by Gasteiger charge is 2.23. The van der Waals surface area contributed by atoms with Gasteiger partial charge in [-0.2, -0.15) is 9.78 Å². The van der Waals surface area contributed by atoms with Crippen LogP contribution in [0.4, 0.5) is 4.79 Å². The van der Waals surface area contributed by atoms with Crippen molar-refractivity contribution in [2.75, 3.05) is 14.1 Å². The second kappa shape index (κ2) is 5.67. The fourth-order valence-corrected chi connectivity index (χ4v) is 3.46. The van der Waals surface area contributed by atoms with Crippen molar-refractivity contribution in [2.45, 2.75) is 9.92 Å². The molecule has 0 aliphatic heterocycles. The molecule has 1 heterocycles. The van der Waals surface area contributed by atoms with E-state index in [0.29, 0.717) is 0 Å². The molecule has 21 heavy (non-hydrogen) atoms. The fourth-order valence-electron chi connectivity index (χ4n) is 1.57. The zero-order chi connectivity index (χ0) is 15.8. The predicted octanol–water partition coefficient (Wildman–Crippen LogP) is 2.55. The molecule has 1 aromatic heterocycles. The van der Waals surface area contributed by atoms with E-state index < -0.39 is 15.9 Å². The van der Waals surface area contributed by atoms with Crippen LogP contribution in [0.15, 0.2) is 40.4 Å². The van der Waals surface area contributed by atoms with Crippen LogP contribution in [-0.4, -0.2) is 43.2 Å². The summed E-state index contributed by atoms with van der Waals surface area (Å²) < 4.78 is 25.8. The highest BCUT2D eigenvalue weighted by molar-refractivity contribution is 7.91. The van der Waals surface area contributed by atoms with Crippen molar-refractivity contribution in [2.24, 2.45) is 0 Å². The Morgan fingerprint density at radius 2 is 1.76 bits per heavy atom. The molecule has 1 amide bonds. The third kappa shape index (κ3) is 3.20. The molecule has 9 heteroatoms. The first kappa shape index (κ1) is 15.8. The van der Waals surface area contributed by atoms with E-state index in [2.05, 4.69) is 5.10 Å². The average Bonchev–Trinajstić information content (AvgIpc) is 2.86. The lowest BCUT2D eigenvalue weighted by molar-refractivity contribution is 0.215. The second-order valence-corrected chi connectivity index (χ2v) is 7.15. The van der Waals surface area contributed by atoms with Crippen LogP contribution in [0.5, 0.6) is 0 Å². The van der Waals surface area contributed by atoms with Gasteiger partial charge in [-0.15, -0.1) is 0 Å². The molecule has 0 bridgehead atoms. The largest absolute Gasteiger partial charge is 0.344 e. The molecule has 0 saturated carbocycles. The van der Waals surface area contributed by atoms with Crippen molar-refractivity contribution in [3.63, 3.8) is 0 Å². The number of benzene rings is 1. The van der Waals surface area contributed by atoms with Gasteiger partial charge in [0.25, 0.3) is 0 Å². The standard InChI is InChI=1S/C12H11Cl2N3O3S/c1-16(2)12(18)17-4-3-11(15-17)21(19,20)10-6-8(13)5-9(14)7-10/h3-7H,1-2H3. The Bertz CT molecular complexity index is 780. The number of carbonyl (C=O) groups excluding carboxylic acids is 1. The van der Waals surface area contributed by atoms with Crippen molar-refractivity contribution in [1.29, 1.82) is 0 Å². The van der Waals surface area contributed by atoms with Crippen LogP contribution >= 0.6 is 23.2 Å². The number of carbonyl (C=O) groups is 1. The van der Waals surface area contributed by atoms with E-state index in [4.69, 9.17) is 23.2 Å². The molecule has 2 aromatic rings. The number of hydrogen-bond donors (Lipinski definition) is 0. The van der Waals surface area contributed by atoms with Crippen LogP contribution < -0.4 is 0 Å². The molecule has 0 fully saturated rings. The van der Waals surface area contributed by atoms with Gasteiger partial charge in [-0.05, 0) is 24.3 Å². The van der Waals surface area contributed by atoms with Crippen LogP contribution in [0.25, 0.3) is 0 Å². The monoisotopic (exact) mass is 347 g/mol. The number of sulfone groups is 1. The van der Waals surface area contributed by atoms with Crippen molar-refractivity contribution < 1.29 is 13.2 Å². The van der Waals surface area contributed by atoms with Gasteiger partial charge in [0.15, 0.2) is 5.03 Å². The summed E-state index contributed by atoms with van der Waals surface area (Å²) in [6, 6.07) is 4.76. The van der Waals surface area contributed by atoms with Crippen molar-refractivity contribution in [1.82, 2.24) is 14.7 Å². The van der Waals surface area contributed by atoms with Gasteiger partial charge in [-0.1, -0.05) is 23.2 Å². The minimum atomic E-state index is -3.89. The first-order valence-electron chi connectivity index (χ1n) is 5.70. The highest BCUT2D eigenvalue weighted by Crippen LogP contribution is 2.26. The number of rotatable bonds is 2. The molecular formula is C12H11Cl2N3O3S. The van der Waals surface area contributed by atoms with E-state index in [-0.39, 0.29) is 20.0 Å². The van der Waals surface area contributed by atoms with Crippen LogP contribution in [0, 0.1) is 0 Å². The number of nitrogens with zero attached hydrogens (tertiary/aromatic N) is 3. The van der Waals surface area contributed by atoms with Crippen LogP contribution in [0.2, 0.25) is 10.0 Å². The lowest BCUT2D eigenvalue weighted by Gasteiger charge is -2.08. The molecule has 0 aliphatic carbocycles. The summed E-state index contributed by atoms with van der Waals surface area (Å²) in [5.41, 5.74) is 0. The molecule has 112 valence electrons. The van der Waals surface area contributed by atoms with Gasteiger partial charge in [0.05, 0.1) is 4.90 Å². The lowest BCUT2D eigenvalue weighted by atomic mass is 10.4. The van der Waals surface area contributed by atoms with E-state index in [9.17, 15) is 13.2 Å². The summed E-state index contributed by atoms with van der Waals surface area (Å²) >= 11 is 11.6. The SMILES string of the molecule is CN(C)C(=O)n1ccc(S(=O)(=O)c2cc(Cl)cc(Cl)c2)n1. The number of halogens is 2. The molecule has 0 unspecified atom stereocenters. The van der Waals surface area contributed by atoms with Gasteiger partial charge >= 0.3 is 6.03 Å². The smallest absolute Gasteiger partial charge is 0.329 e. The molecule has 0 saturated heterocycles. The summed E-state index contributed by atoms with van der Waals surface area (Å²) in [6.07, 6.45) is 1.28. The molecule has 2 rings (SSSR count). The first-order chi connectivity index (χ1) is 9.71. The average molecular weight is 348 g/mol. The van der Waals surface area contributed by atoms with Gasteiger partial charge in [0.1, 0.15) is 0 Å². The Labute approximate surface area is 131 Å². The Hall–Kier alpha value is -1.57.